The molecular weight excluding hydrogens is 224 g/mol. The smallest absolute Gasteiger partial charge is 0.118 e. The Balaban J connectivity index is 2.35. The number of allylic oxidation sites excluding steroid dienone is 1. The molecule has 1 aromatic rings. The van der Waals surface area contributed by atoms with E-state index in [0.29, 0.717) is 0 Å². The minimum Gasteiger partial charge on any atom is -0.501 e. The molecule has 0 aliphatic rings. The molecule has 0 aliphatic carbocycles. The highest BCUT2D eigenvalue weighted by Gasteiger charge is 1.97. The summed E-state index contributed by atoms with van der Waals surface area (Å²) in [6.45, 7) is 5.09. The van der Waals surface area contributed by atoms with Gasteiger partial charge in [0, 0.05) is 0 Å². The number of hydrogen-bond acceptors (Lipinski definition) is 2. The van der Waals surface area contributed by atoms with Crippen molar-refractivity contribution in [3.05, 3.63) is 36.1 Å². The van der Waals surface area contributed by atoms with E-state index in [1.54, 1.807) is 7.11 Å². The maximum atomic E-state index is 5.56. The summed E-state index contributed by atoms with van der Waals surface area (Å²) in [5.74, 6) is 0.882. The zero-order chi connectivity index (χ0) is 13.2. The Kier molecular flexibility index (Phi) is 7.00. The molecule has 0 N–H and O–H groups in total. The number of ether oxygens (including phenoxy) is 2. The standard InChI is InChI=1S/C16H24O2/c1-4-5-6-7-12-18-13-14(2)15-8-10-16(17-3)11-9-15/h8-11,13H,4-7,12H2,1-3H3. The van der Waals surface area contributed by atoms with Crippen LogP contribution in [0.4, 0.5) is 0 Å². The first kappa shape index (κ1) is 14.6. The Bertz CT molecular complexity index is 352. The third-order valence-corrected chi connectivity index (χ3v) is 2.92. The van der Waals surface area contributed by atoms with Gasteiger partial charge < -0.3 is 9.47 Å². The lowest BCUT2D eigenvalue weighted by atomic mass is 10.1. The van der Waals surface area contributed by atoms with E-state index in [-0.39, 0.29) is 0 Å². The second kappa shape index (κ2) is 8.62. The van der Waals surface area contributed by atoms with Gasteiger partial charge in [0.1, 0.15) is 5.75 Å². The average molecular weight is 248 g/mol. The molecule has 0 unspecified atom stereocenters. The van der Waals surface area contributed by atoms with Gasteiger partial charge in [0.15, 0.2) is 0 Å². The Morgan fingerprint density at radius 2 is 1.83 bits per heavy atom. The highest BCUT2D eigenvalue weighted by molar-refractivity contribution is 5.63. The van der Waals surface area contributed by atoms with Crippen molar-refractivity contribution in [3.8, 4) is 5.75 Å². The highest BCUT2D eigenvalue weighted by atomic mass is 16.5. The second-order valence-electron chi connectivity index (χ2n) is 4.46. The van der Waals surface area contributed by atoms with Crippen molar-refractivity contribution in [2.24, 2.45) is 0 Å². The number of hydrogen-bond donors (Lipinski definition) is 0. The van der Waals surface area contributed by atoms with Crippen LogP contribution in [-0.4, -0.2) is 13.7 Å². The van der Waals surface area contributed by atoms with E-state index >= 15 is 0 Å². The molecule has 1 aromatic carbocycles. The minimum atomic E-state index is 0.813. The van der Waals surface area contributed by atoms with E-state index in [1.807, 2.05) is 30.5 Å². The molecule has 2 heteroatoms. The lowest BCUT2D eigenvalue weighted by Crippen LogP contribution is -1.89. The van der Waals surface area contributed by atoms with E-state index in [0.717, 1.165) is 24.4 Å². The molecule has 2 nitrogen and oxygen atoms in total. The van der Waals surface area contributed by atoms with Gasteiger partial charge in [0.2, 0.25) is 0 Å². The van der Waals surface area contributed by atoms with Crippen molar-refractivity contribution in [2.45, 2.75) is 39.5 Å². The van der Waals surface area contributed by atoms with Gasteiger partial charge in [-0.25, -0.2) is 0 Å². The van der Waals surface area contributed by atoms with Gasteiger partial charge in [-0.15, -0.1) is 0 Å². The molecule has 0 amide bonds. The molecule has 18 heavy (non-hydrogen) atoms. The van der Waals surface area contributed by atoms with Crippen molar-refractivity contribution < 1.29 is 9.47 Å². The lowest BCUT2D eigenvalue weighted by molar-refractivity contribution is 0.242. The number of methoxy groups -OCH3 is 1. The molecule has 0 heterocycles. The molecular formula is C16H24O2. The van der Waals surface area contributed by atoms with Crippen LogP contribution in [0.1, 0.15) is 45.1 Å². The van der Waals surface area contributed by atoms with E-state index in [9.17, 15) is 0 Å². The van der Waals surface area contributed by atoms with Crippen LogP contribution in [0.3, 0.4) is 0 Å². The van der Waals surface area contributed by atoms with E-state index in [4.69, 9.17) is 9.47 Å². The maximum absolute atomic E-state index is 5.56. The first-order valence-corrected chi connectivity index (χ1v) is 6.70. The highest BCUT2D eigenvalue weighted by Crippen LogP contribution is 2.18. The third kappa shape index (κ3) is 5.26. The van der Waals surface area contributed by atoms with E-state index in [1.165, 1.54) is 24.8 Å². The quantitative estimate of drug-likeness (QED) is 0.492. The molecule has 0 aliphatic heterocycles. The summed E-state index contributed by atoms with van der Waals surface area (Å²) in [5, 5.41) is 0. The molecule has 0 fully saturated rings. The summed E-state index contributed by atoms with van der Waals surface area (Å²) in [6.07, 6.45) is 6.81. The van der Waals surface area contributed by atoms with Gasteiger partial charge >= 0.3 is 0 Å². The molecule has 0 saturated carbocycles. The molecule has 100 valence electrons. The number of rotatable bonds is 8. The third-order valence-electron chi connectivity index (χ3n) is 2.92. The minimum absolute atomic E-state index is 0.813. The van der Waals surface area contributed by atoms with Crippen molar-refractivity contribution in [1.82, 2.24) is 0 Å². The summed E-state index contributed by atoms with van der Waals surface area (Å²) >= 11 is 0. The summed E-state index contributed by atoms with van der Waals surface area (Å²) in [6, 6.07) is 8.03. The van der Waals surface area contributed by atoms with Crippen LogP contribution in [0.5, 0.6) is 5.75 Å². The molecule has 0 spiro atoms. The molecule has 0 radical (unpaired) electrons. The fourth-order valence-electron chi connectivity index (χ4n) is 1.72. The lowest BCUT2D eigenvalue weighted by Gasteiger charge is -2.05. The first-order chi connectivity index (χ1) is 8.77. The SMILES string of the molecule is CCCCCCOC=C(C)c1ccc(OC)cc1. The monoisotopic (exact) mass is 248 g/mol. The Hall–Kier alpha value is -1.44. The molecule has 1 rings (SSSR count). The van der Waals surface area contributed by atoms with Crippen molar-refractivity contribution in [3.63, 3.8) is 0 Å². The average Bonchev–Trinajstić information content (AvgIpc) is 2.42. The van der Waals surface area contributed by atoms with Crippen LogP contribution in [0.2, 0.25) is 0 Å². The van der Waals surface area contributed by atoms with Crippen LogP contribution < -0.4 is 4.74 Å². The molecule has 0 aromatic heterocycles. The van der Waals surface area contributed by atoms with E-state index in [2.05, 4.69) is 13.8 Å². The van der Waals surface area contributed by atoms with Gasteiger partial charge in [-0.1, -0.05) is 38.3 Å². The molecule has 0 atom stereocenters. The maximum Gasteiger partial charge on any atom is 0.118 e. The zero-order valence-corrected chi connectivity index (χ0v) is 11.7. The van der Waals surface area contributed by atoms with E-state index < -0.39 is 0 Å². The van der Waals surface area contributed by atoms with Gasteiger partial charge in [-0.3, -0.25) is 0 Å². The van der Waals surface area contributed by atoms with Crippen molar-refractivity contribution in [1.29, 1.82) is 0 Å². The Labute approximate surface area is 111 Å². The normalized spacial score (nSPS) is 11.4. The predicted molar refractivity (Wildman–Crippen MR) is 76.7 cm³/mol. The van der Waals surface area contributed by atoms with Crippen LogP contribution in [-0.2, 0) is 4.74 Å². The van der Waals surface area contributed by atoms with Crippen LogP contribution in [0.25, 0.3) is 5.57 Å². The molecule has 0 bridgehead atoms. The fraction of sp³-hybridized carbons (Fsp3) is 0.500. The van der Waals surface area contributed by atoms with Gasteiger partial charge in [0.05, 0.1) is 20.0 Å². The summed E-state index contributed by atoms with van der Waals surface area (Å²) in [7, 11) is 1.68. The van der Waals surface area contributed by atoms with Crippen LogP contribution in [0, 0.1) is 0 Å². The topological polar surface area (TPSA) is 18.5 Å². The van der Waals surface area contributed by atoms with Gasteiger partial charge in [-0.05, 0) is 36.6 Å². The Morgan fingerprint density at radius 3 is 2.44 bits per heavy atom. The second-order valence-corrected chi connectivity index (χ2v) is 4.46. The summed E-state index contributed by atoms with van der Waals surface area (Å²) in [5.41, 5.74) is 2.32. The number of benzene rings is 1. The van der Waals surface area contributed by atoms with Gasteiger partial charge in [0.25, 0.3) is 0 Å². The Morgan fingerprint density at radius 1 is 1.11 bits per heavy atom. The van der Waals surface area contributed by atoms with Crippen molar-refractivity contribution >= 4 is 5.57 Å². The summed E-state index contributed by atoms with van der Waals surface area (Å²) < 4.78 is 10.7. The van der Waals surface area contributed by atoms with Crippen molar-refractivity contribution in [2.75, 3.05) is 13.7 Å². The fourth-order valence-corrected chi connectivity index (χ4v) is 1.72. The van der Waals surface area contributed by atoms with Gasteiger partial charge in [-0.2, -0.15) is 0 Å². The first-order valence-electron chi connectivity index (χ1n) is 6.70. The van der Waals surface area contributed by atoms with Crippen LogP contribution >= 0.6 is 0 Å². The predicted octanol–water partition coefficient (Wildman–Crippen LogP) is 4.65. The number of unbranched alkanes of at least 4 members (excludes halogenated alkanes) is 3. The molecule has 0 saturated heterocycles. The van der Waals surface area contributed by atoms with Crippen LogP contribution in [0.15, 0.2) is 30.5 Å². The largest absolute Gasteiger partial charge is 0.501 e. The summed E-state index contributed by atoms with van der Waals surface area (Å²) in [4.78, 5) is 0. The zero-order valence-electron chi connectivity index (χ0n) is 11.7.